The second-order valence-electron chi connectivity index (χ2n) is 5.07. The molecule has 0 unspecified atom stereocenters. The Balaban J connectivity index is 1.57. The van der Waals surface area contributed by atoms with Crippen molar-refractivity contribution in [1.29, 1.82) is 0 Å². The minimum atomic E-state index is -0.278. The highest BCUT2D eigenvalue weighted by molar-refractivity contribution is 5.76. The van der Waals surface area contributed by atoms with Crippen molar-refractivity contribution in [2.45, 2.75) is 19.1 Å². The lowest BCUT2D eigenvalue weighted by atomic mass is 10.3. The normalized spacial score (nSPS) is 17.5. The molecule has 2 aromatic heterocycles. The molecule has 0 saturated carbocycles. The summed E-state index contributed by atoms with van der Waals surface area (Å²) in [5.74, 6) is 0.622. The summed E-state index contributed by atoms with van der Waals surface area (Å²) in [5, 5.41) is 3.89. The van der Waals surface area contributed by atoms with Gasteiger partial charge in [0.25, 0.3) is 5.56 Å². The third-order valence-corrected chi connectivity index (χ3v) is 3.52. The predicted octanol–water partition coefficient (Wildman–Crippen LogP) is 0.318. The van der Waals surface area contributed by atoms with Gasteiger partial charge in [-0.1, -0.05) is 0 Å². The van der Waals surface area contributed by atoms with Crippen LogP contribution in [0.3, 0.4) is 0 Å². The average molecular weight is 300 g/mol. The van der Waals surface area contributed by atoms with Gasteiger partial charge in [0.1, 0.15) is 18.4 Å². The number of ether oxygens (including phenoxy) is 1. The molecule has 2 aromatic rings. The number of nitrogens with zero attached hydrogens (tertiary/aromatic N) is 4. The molecule has 3 heterocycles. The molecule has 1 aliphatic rings. The largest absolute Gasteiger partial charge is 0.488 e. The van der Waals surface area contributed by atoms with Crippen molar-refractivity contribution >= 4 is 5.91 Å². The first-order valence-electron chi connectivity index (χ1n) is 7.09. The molecule has 3 rings (SSSR count). The van der Waals surface area contributed by atoms with E-state index in [1.165, 1.54) is 16.9 Å². The van der Waals surface area contributed by atoms with E-state index in [4.69, 9.17) is 4.74 Å². The summed E-state index contributed by atoms with van der Waals surface area (Å²) in [4.78, 5) is 29.4. The van der Waals surface area contributed by atoms with Crippen LogP contribution in [0.25, 0.3) is 0 Å². The van der Waals surface area contributed by atoms with E-state index in [2.05, 4.69) is 10.1 Å². The quantitative estimate of drug-likeness (QED) is 0.812. The lowest BCUT2D eigenvalue weighted by Crippen LogP contribution is -2.36. The minimum Gasteiger partial charge on any atom is -0.488 e. The third-order valence-electron chi connectivity index (χ3n) is 3.52. The summed E-state index contributed by atoms with van der Waals surface area (Å²) < 4.78 is 6.98. The van der Waals surface area contributed by atoms with Gasteiger partial charge in [-0.3, -0.25) is 14.6 Å². The van der Waals surface area contributed by atoms with Crippen LogP contribution >= 0.6 is 0 Å². The molecule has 7 heteroatoms. The second kappa shape index (κ2) is 6.38. The molecule has 0 N–H and O–H groups in total. The van der Waals surface area contributed by atoms with Gasteiger partial charge in [0, 0.05) is 37.6 Å². The smallest absolute Gasteiger partial charge is 0.267 e. The lowest BCUT2D eigenvalue weighted by Gasteiger charge is -2.17. The van der Waals surface area contributed by atoms with Gasteiger partial charge in [0.05, 0.1) is 6.54 Å². The first-order chi connectivity index (χ1) is 10.7. The molecular weight excluding hydrogens is 284 g/mol. The topological polar surface area (TPSA) is 77.3 Å². The van der Waals surface area contributed by atoms with Gasteiger partial charge < -0.3 is 9.64 Å². The molecule has 0 bridgehead atoms. The van der Waals surface area contributed by atoms with Gasteiger partial charge in [-0.15, -0.1) is 0 Å². The summed E-state index contributed by atoms with van der Waals surface area (Å²) >= 11 is 0. The van der Waals surface area contributed by atoms with Crippen molar-refractivity contribution < 1.29 is 9.53 Å². The molecule has 0 spiro atoms. The molecular formula is C15H16N4O3. The zero-order valence-electron chi connectivity index (χ0n) is 12.0. The molecule has 0 aromatic carbocycles. The molecule has 1 amide bonds. The Labute approximate surface area is 127 Å². The molecule has 0 radical (unpaired) electrons. The van der Waals surface area contributed by atoms with Gasteiger partial charge >= 0.3 is 0 Å². The van der Waals surface area contributed by atoms with Crippen molar-refractivity contribution in [3.05, 3.63) is 53.2 Å². The number of carbonyl (C=O) groups excluding carboxylic acids is 1. The summed E-state index contributed by atoms with van der Waals surface area (Å²) in [5.41, 5.74) is -0.278. The van der Waals surface area contributed by atoms with E-state index in [9.17, 15) is 9.59 Å². The highest BCUT2D eigenvalue weighted by Gasteiger charge is 2.27. The van der Waals surface area contributed by atoms with Crippen LogP contribution in [0.1, 0.15) is 6.42 Å². The molecule has 114 valence electrons. The summed E-state index contributed by atoms with van der Waals surface area (Å²) in [6.45, 7) is 1.10. The van der Waals surface area contributed by atoms with E-state index in [-0.39, 0.29) is 24.1 Å². The predicted molar refractivity (Wildman–Crippen MR) is 78.3 cm³/mol. The standard InChI is InChI=1S/C15H16N4O3/c20-14-2-1-6-17-19(14)11-15(21)18-9-5-13(10-18)22-12-3-7-16-8-4-12/h1-4,6-8,13H,5,9-11H2/t13-/m1/s1. The van der Waals surface area contributed by atoms with Crippen molar-refractivity contribution in [2.24, 2.45) is 0 Å². The Morgan fingerprint density at radius 1 is 1.27 bits per heavy atom. The fraction of sp³-hybridized carbons (Fsp3) is 0.333. The molecule has 22 heavy (non-hydrogen) atoms. The zero-order chi connectivity index (χ0) is 15.4. The van der Waals surface area contributed by atoms with Crippen molar-refractivity contribution in [3.63, 3.8) is 0 Å². The van der Waals surface area contributed by atoms with E-state index >= 15 is 0 Å². The number of pyridine rings is 1. The van der Waals surface area contributed by atoms with Crippen LogP contribution in [0, 0.1) is 0 Å². The van der Waals surface area contributed by atoms with Crippen LogP contribution in [0.15, 0.2) is 47.7 Å². The van der Waals surface area contributed by atoms with Crippen LogP contribution in [-0.4, -0.2) is 44.8 Å². The highest BCUT2D eigenvalue weighted by Crippen LogP contribution is 2.17. The maximum absolute atomic E-state index is 12.2. The van der Waals surface area contributed by atoms with Crippen molar-refractivity contribution in [2.75, 3.05) is 13.1 Å². The van der Waals surface area contributed by atoms with Gasteiger partial charge in [-0.2, -0.15) is 5.10 Å². The summed E-state index contributed by atoms with van der Waals surface area (Å²) in [6, 6.07) is 6.52. The number of carbonyl (C=O) groups is 1. The molecule has 1 fully saturated rings. The van der Waals surface area contributed by atoms with Crippen molar-refractivity contribution in [3.8, 4) is 5.75 Å². The molecule has 0 aliphatic carbocycles. The monoisotopic (exact) mass is 300 g/mol. The van der Waals surface area contributed by atoms with E-state index in [0.717, 1.165) is 12.2 Å². The molecule has 1 aliphatic heterocycles. The molecule has 1 saturated heterocycles. The number of rotatable bonds is 4. The number of amides is 1. The van der Waals surface area contributed by atoms with Crippen LogP contribution in [-0.2, 0) is 11.3 Å². The van der Waals surface area contributed by atoms with Crippen molar-refractivity contribution in [1.82, 2.24) is 19.7 Å². The zero-order valence-corrected chi connectivity index (χ0v) is 12.0. The minimum absolute atomic E-state index is 0.0354. The number of likely N-dealkylation sites (tertiary alicyclic amines) is 1. The Bertz CT molecular complexity index is 701. The fourth-order valence-corrected chi connectivity index (χ4v) is 2.39. The Morgan fingerprint density at radius 2 is 2.09 bits per heavy atom. The molecule has 7 nitrogen and oxygen atoms in total. The Hall–Kier alpha value is -2.70. The van der Waals surface area contributed by atoms with E-state index < -0.39 is 0 Å². The number of hydrogen-bond donors (Lipinski definition) is 0. The fourth-order valence-electron chi connectivity index (χ4n) is 2.39. The van der Waals surface area contributed by atoms with Gasteiger partial charge in [-0.05, 0) is 18.2 Å². The number of hydrogen-bond acceptors (Lipinski definition) is 5. The summed E-state index contributed by atoms with van der Waals surface area (Å²) in [6.07, 6.45) is 5.56. The van der Waals surface area contributed by atoms with Gasteiger partial charge in [0.15, 0.2) is 0 Å². The lowest BCUT2D eigenvalue weighted by molar-refractivity contribution is -0.131. The Morgan fingerprint density at radius 3 is 2.86 bits per heavy atom. The van der Waals surface area contributed by atoms with E-state index in [0.29, 0.717) is 13.1 Å². The summed E-state index contributed by atoms with van der Waals surface area (Å²) in [7, 11) is 0. The Kier molecular flexibility index (Phi) is 4.13. The van der Waals surface area contributed by atoms with Gasteiger partial charge in [0.2, 0.25) is 5.91 Å². The second-order valence-corrected chi connectivity index (χ2v) is 5.07. The first-order valence-corrected chi connectivity index (χ1v) is 7.09. The maximum Gasteiger partial charge on any atom is 0.267 e. The number of aromatic nitrogens is 3. The highest BCUT2D eigenvalue weighted by atomic mass is 16.5. The van der Waals surface area contributed by atoms with Crippen LogP contribution < -0.4 is 10.3 Å². The van der Waals surface area contributed by atoms with E-state index in [1.54, 1.807) is 35.5 Å². The first kappa shape index (κ1) is 14.2. The third kappa shape index (κ3) is 3.30. The average Bonchev–Trinajstić information content (AvgIpc) is 2.99. The van der Waals surface area contributed by atoms with E-state index in [1.807, 2.05) is 0 Å². The van der Waals surface area contributed by atoms with Gasteiger partial charge in [-0.25, -0.2) is 4.68 Å². The SMILES string of the molecule is O=C(Cn1ncccc1=O)N1CC[C@@H](Oc2ccncc2)C1. The molecule has 1 atom stereocenters. The van der Waals surface area contributed by atoms with Crippen LogP contribution in [0.2, 0.25) is 0 Å². The maximum atomic E-state index is 12.2. The van der Waals surface area contributed by atoms with Crippen LogP contribution in [0.4, 0.5) is 0 Å². The van der Waals surface area contributed by atoms with Crippen LogP contribution in [0.5, 0.6) is 5.75 Å².